The van der Waals surface area contributed by atoms with Crippen LogP contribution in [0.1, 0.15) is 30.4 Å². The zero-order valence-corrected chi connectivity index (χ0v) is 14.5. The van der Waals surface area contributed by atoms with Gasteiger partial charge in [0.1, 0.15) is 0 Å². The Hall–Kier alpha value is -2.47. The topological polar surface area (TPSA) is 47.1 Å². The number of alkyl halides is 2. The van der Waals surface area contributed by atoms with Crippen molar-refractivity contribution in [3.05, 3.63) is 59.7 Å². The normalized spacial score (nSPS) is 18.0. The van der Waals surface area contributed by atoms with Gasteiger partial charge in [-0.15, -0.1) is 0 Å². The molecule has 1 unspecified atom stereocenters. The minimum absolute atomic E-state index is 0.0477. The summed E-state index contributed by atoms with van der Waals surface area (Å²) in [4.78, 5) is 7.06. The molecule has 0 amide bonds. The van der Waals surface area contributed by atoms with Crippen LogP contribution < -0.4 is 10.6 Å². The monoisotopic (exact) mass is 356 g/mol. The lowest BCUT2D eigenvalue weighted by molar-refractivity contribution is 0.151. The lowest BCUT2D eigenvalue weighted by Gasteiger charge is -2.32. The predicted octanol–water partition coefficient (Wildman–Crippen LogP) is 3.95. The molecule has 2 aromatic carbocycles. The second-order valence-corrected chi connectivity index (χ2v) is 6.88. The van der Waals surface area contributed by atoms with Crippen LogP contribution in [0.5, 0.6) is 0 Å². The maximum Gasteiger partial charge on any atom is 0.263 e. The molecule has 1 fully saturated rings. The van der Waals surface area contributed by atoms with Gasteiger partial charge in [0, 0.05) is 24.7 Å². The molecule has 1 aliphatic rings. The summed E-state index contributed by atoms with van der Waals surface area (Å²) in [6.45, 7) is 2.31. The number of benzene rings is 2. The first-order valence-electron chi connectivity index (χ1n) is 8.94. The van der Waals surface area contributed by atoms with Gasteiger partial charge < -0.3 is 15.2 Å². The van der Waals surface area contributed by atoms with Crippen molar-refractivity contribution in [1.82, 2.24) is 9.55 Å². The van der Waals surface area contributed by atoms with Gasteiger partial charge in [0.05, 0.1) is 17.6 Å². The van der Waals surface area contributed by atoms with Gasteiger partial charge in [0.2, 0.25) is 5.95 Å². The average molecular weight is 356 g/mol. The van der Waals surface area contributed by atoms with Crippen molar-refractivity contribution in [3.63, 3.8) is 0 Å². The smallest absolute Gasteiger partial charge is 0.263 e. The number of aromatic nitrogens is 2. The van der Waals surface area contributed by atoms with Crippen LogP contribution in [0, 0.1) is 0 Å². The number of halogens is 2. The molecule has 0 aliphatic carbocycles. The first kappa shape index (κ1) is 17.0. The number of piperidine rings is 1. The Morgan fingerprint density at radius 3 is 2.62 bits per heavy atom. The van der Waals surface area contributed by atoms with Crippen molar-refractivity contribution in [1.29, 1.82) is 0 Å². The van der Waals surface area contributed by atoms with Crippen LogP contribution in [0.4, 0.5) is 14.7 Å². The summed E-state index contributed by atoms with van der Waals surface area (Å²) in [6.07, 6.45) is -0.359. The number of nitrogens with zero attached hydrogens (tertiary/aromatic N) is 3. The van der Waals surface area contributed by atoms with Crippen LogP contribution in [0.15, 0.2) is 48.5 Å². The molecular weight excluding hydrogens is 334 g/mol. The highest BCUT2D eigenvalue weighted by Crippen LogP contribution is 2.27. The van der Waals surface area contributed by atoms with E-state index in [2.05, 4.69) is 9.47 Å². The largest absolute Gasteiger partial charge is 0.341 e. The van der Waals surface area contributed by atoms with E-state index in [9.17, 15) is 8.78 Å². The quantitative estimate of drug-likeness (QED) is 0.770. The van der Waals surface area contributed by atoms with Gasteiger partial charge in [-0.05, 0) is 30.5 Å². The van der Waals surface area contributed by atoms with Crippen molar-refractivity contribution >= 4 is 17.0 Å². The zero-order chi connectivity index (χ0) is 18.1. The van der Waals surface area contributed by atoms with E-state index in [0.29, 0.717) is 6.54 Å². The van der Waals surface area contributed by atoms with E-state index in [-0.39, 0.29) is 11.6 Å². The van der Waals surface area contributed by atoms with Gasteiger partial charge in [0.25, 0.3) is 6.43 Å². The number of anilines is 1. The highest BCUT2D eigenvalue weighted by Gasteiger charge is 2.22. The fourth-order valence-corrected chi connectivity index (χ4v) is 3.60. The summed E-state index contributed by atoms with van der Waals surface area (Å²) in [7, 11) is 0. The SMILES string of the molecule is NC1CCCN(c2nc3ccccc3n2Cc2ccc(C(F)F)cc2)C1. The van der Waals surface area contributed by atoms with Crippen LogP contribution in [-0.4, -0.2) is 28.7 Å². The molecule has 4 nitrogen and oxygen atoms in total. The van der Waals surface area contributed by atoms with Gasteiger partial charge in [-0.2, -0.15) is 0 Å². The molecule has 0 bridgehead atoms. The lowest BCUT2D eigenvalue weighted by atomic mass is 10.1. The summed E-state index contributed by atoms with van der Waals surface area (Å²) in [5.74, 6) is 0.902. The van der Waals surface area contributed by atoms with Crippen LogP contribution in [0.25, 0.3) is 11.0 Å². The van der Waals surface area contributed by atoms with Crippen LogP contribution in [0.2, 0.25) is 0 Å². The van der Waals surface area contributed by atoms with Gasteiger partial charge in [-0.25, -0.2) is 13.8 Å². The molecule has 0 spiro atoms. The maximum absolute atomic E-state index is 12.8. The lowest BCUT2D eigenvalue weighted by Crippen LogP contribution is -2.44. The van der Waals surface area contributed by atoms with E-state index in [1.54, 1.807) is 12.1 Å². The zero-order valence-electron chi connectivity index (χ0n) is 14.5. The Kier molecular flexibility index (Phi) is 4.59. The van der Waals surface area contributed by atoms with Crippen molar-refractivity contribution in [2.45, 2.75) is 31.9 Å². The van der Waals surface area contributed by atoms with E-state index < -0.39 is 6.43 Å². The highest BCUT2D eigenvalue weighted by molar-refractivity contribution is 5.79. The molecule has 136 valence electrons. The van der Waals surface area contributed by atoms with Crippen molar-refractivity contribution in [2.75, 3.05) is 18.0 Å². The number of nitrogens with two attached hydrogens (primary N) is 1. The Morgan fingerprint density at radius 1 is 1.12 bits per heavy atom. The van der Waals surface area contributed by atoms with E-state index in [1.165, 1.54) is 12.1 Å². The summed E-state index contributed by atoms with van der Waals surface area (Å²) in [5, 5.41) is 0. The minimum atomic E-state index is -2.44. The predicted molar refractivity (Wildman–Crippen MR) is 99.7 cm³/mol. The number of hydrogen-bond acceptors (Lipinski definition) is 3. The Bertz CT molecular complexity index is 888. The van der Waals surface area contributed by atoms with Gasteiger partial charge in [-0.3, -0.25) is 0 Å². The molecule has 6 heteroatoms. The Morgan fingerprint density at radius 2 is 1.88 bits per heavy atom. The van der Waals surface area contributed by atoms with Crippen molar-refractivity contribution in [2.24, 2.45) is 5.73 Å². The standard InChI is InChI=1S/C20H22F2N4/c21-19(22)15-9-7-14(8-10-15)12-26-18-6-2-1-5-17(18)24-20(26)25-11-3-4-16(23)13-25/h1-2,5-10,16,19H,3-4,11-13,23H2. The third kappa shape index (κ3) is 3.29. The second kappa shape index (κ2) is 7.03. The summed E-state index contributed by atoms with van der Waals surface area (Å²) in [5.41, 5.74) is 9.15. The summed E-state index contributed by atoms with van der Waals surface area (Å²) < 4.78 is 27.7. The van der Waals surface area contributed by atoms with Crippen LogP contribution in [-0.2, 0) is 6.54 Å². The summed E-state index contributed by atoms with van der Waals surface area (Å²) >= 11 is 0. The number of rotatable bonds is 4. The van der Waals surface area contributed by atoms with Crippen molar-refractivity contribution in [3.8, 4) is 0 Å². The van der Waals surface area contributed by atoms with Gasteiger partial charge >= 0.3 is 0 Å². The van der Waals surface area contributed by atoms with Crippen LogP contribution >= 0.6 is 0 Å². The first-order chi connectivity index (χ1) is 12.6. The number of fused-ring (bicyclic) bond motifs is 1. The third-order valence-electron chi connectivity index (χ3n) is 4.95. The fourth-order valence-electron chi connectivity index (χ4n) is 3.60. The van der Waals surface area contributed by atoms with E-state index in [1.807, 2.05) is 24.3 Å². The first-order valence-corrected chi connectivity index (χ1v) is 8.94. The molecule has 1 aliphatic heterocycles. The molecule has 1 aromatic heterocycles. The molecule has 4 rings (SSSR count). The fraction of sp³-hybridized carbons (Fsp3) is 0.350. The Balaban J connectivity index is 1.71. The second-order valence-electron chi connectivity index (χ2n) is 6.88. The van der Waals surface area contributed by atoms with E-state index in [0.717, 1.165) is 48.5 Å². The molecule has 0 radical (unpaired) electrons. The molecule has 2 N–H and O–H groups in total. The van der Waals surface area contributed by atoms with Crippen LogP contribution in [0.3, 0.4) is 0 Å². The third-order valence-corrected chi connectivity index (χ3v) is 4.95. The van der Waals surface area contributed by atoms with E-state index >= 15 is 0 Å². The molecule has 0 saturated carbocycles. The van der Waals surface area contributed by atoms with Gasteiger partial charge in [-0.1, -0.05) is 36.4 Å². The Labute approximate surface area is 151 Å². The summed E-state index contributed by atoms with van der Waals surface area (Å²) in [6, 6.07) is 14.7. The minimum Gasteiger partial charge on any atom is -0.341 e. The maximum atomic E-state index is 12.8. The molecule has 3 aromatic rings. The molecule has 26 heavy (non-hydrogen) atoms. The molecule has 2 heterocycles. The number of hydrogen-bond donors (Lipinski definition) is 1. The molecular formula is C20H22F2N4. The molecule has 1 atom stereocenters. The van der Waals surface area contributed by atoms with Gasteiger partial charge in [0.15, 0.2) is 0 Å². The van der Waals surface area contributed by atoms with Crippen molar-refractivity contribution < 1.29 is 8.78 Å². The molecule has 1 saturated heterocycles. The average Bonchev–Trinajstić information content (AvgIpc) is 3.01. The van der Waals surface area contributed by atoms with E-state index in [4.69, 9.17) is 10.7 Å². The number of para-hydroxylation sites is 2. The number of imidazole rings is 1. The highest BCUT2D eigenvalue weighted by atomic mass is 19.3.